The molecule has 0 bridgehead atoms. The monoisotopic (exact) mass is 242 g/mol. The van der Waals surface area contributed by atoms with Gasteiger partial charge in [-0.25, -0.2) is 4.98 Å². The topological polar surface area (TPSA) is 65.9 Å². The Morgan fingerprint density at radius 1 is 1.33 bits per heavy atom. The Labute approximate surface area is 107 Å². The lowest BCUT2D eigenvalue weighted by atomic mass is 9.85. The molecule has 2 N–H and O–H groups in total. The number of rotatable bonds is 1. The summed E-state index contributed by atoms with van der Waals surface area (Å²) in [5.41, 5.74) is 7.22. The molecule has 0 spiro atoms. The van der Waals surface area contributed by atoms with Gasteiger partial charge in [-0.3, -0.25) is 0 Å². The third-order valence-corrected chi connectivity index (χ3v) is 4.31. The number of nitrogens with zero attached hydrogens (tertiary/aromatic N) is 3. The largest absolute Gasteiger partial charge is 0.396 e. The molecule has 2 aliphatic rings. The highest BCUT2D eigenvalue weighted by Gasteiger charge is 2.36. The van der Waals surface area contributed by atoms with Crippen LogP contribution in [0.25, 0.3) is 0 Å². The van der Waals surface area contributed by atoms with Crippen molar-refractivity contribution in [2.24, 2.45) is 5.92 Å². The number of hydrogen-bond donors (Lipinski definition) is 1. The summed E-state index contributed by atoms with van der Waals surface area (Å²) in [4.78, 5) is 6.76. The van der Waals surface area contributed by atoms with Gasteiger partial charge in [0.15, 0.2) is 5.82 Å². The first-order chi connectivity index (χ1) is 8.79. The maximum atomic E-state index is 8.85. The van der Waals surface area contributed by atoms with E-state index in [0.29, 0.717) is 17.3 Å². The van der Waals surface area contributed by atoms with Crippen LogP contribution in [-0.2, 0) is 0 Å². The summed E-state index contributed by atoms with van der Waals surface area (Å²) in [5.74, 6) is 1.69. The highest BCUT2D eigenvalue weighted by molar-refractivity contribution is 5.65. The van der Waals surface area contributed by atoms with E-state index in [0.717, 1.165) is 18.3 Å². The van der Waals surface area contributed by atoms with Crippen LogP contribution in [0.4, 0.5) is 11.5 Å². The van der Waals surface area contributed by atoms with Crippen molar-refractivity contribution >= 4 is 11.5 Å². The van der Waals surface area contributed by atoms with Gasteiger partial charge in [0.25, 0.3) is 0 Å². The molecular weight excluding hydrogens is 224 g/mol. The number of pyridine rings is 1. The van der Waals surface area contributed by atoms with Crippen LogP contribution in [0.15, 0.2) is 12.3 Å². The molecule has 4 heteroatoms. The van der Waals surface area contributed by atoms with Gasteiger partial charge >= 0.3 is 0 Å². The SMILES string of the molecule is N#Cc1cnc(N2CCC3CCCCC32)c(N)c1. The molecule has 1 aromatic heterocycles. The van der Waals surface area contributed by atoms with Crippen LogP contribution >= 0.6 is 0 Å². The van der Waals surface area contributed by atoms with E-state index in [9.17, 15) is 0 Å². The van der Waals surface area contributed by atoms with Gasteiger partial charge in [-0.05, 0) is 31.2 Å². The Hall–Kier alpha value is -1.76. The maximum absolute atomic E-state index is 8.85. The molecule has 1 aliphatic carbocycles. The second-order valence-electron chi connectivity index (χ2n) is 5.34. The predicted molar refractivity (Wildman–Crippen MR) is 71.1 cm³/mol. The fourth-order valence-corrected chi connectivity index (χ4v) is 3.44. The normalized spacial score (nSPS) is 26.7. The molecule has 1 aliphatic heterocycles. The van der Waals surface area contributed by atoms with Crippen LogP contribution < -0.4 is 10.6 Å². The number of hydrogen-bond acceptors (Lipinski definition) is 4. The Balaban J connectivity index is 1.89. The lowest BCUT2D eigenvalue weighted by molar-refractivity contribution is 0.341. The van der Waals surface area contributed by atoms with Crippen LogP contribution in [0.5, 0.6) is 0 Å². The van der Waals surface area contributed by atoms with Gasteiger partial charge in [0.1, 0.15) is 6.07 Å². The summed E-state index contributed by atoms with van der Waals surface area (Å²) in [6.07, 6.45) is 8.16. The number of anilines is 2. The molecule has 2 atom stereocenters. The van der Waals surface area contributed by atoms with Crippen molar-refractivity contribution < 1.29 is 0 Å². The zero-order valence-corrected chi connectivity index (χ0v) is 10.5. The zero-order valence-electron chi connectivity index (χ0n) is 10.5. The lowest BCUT2D eigenvalue weighted by Crippen LogP contribution is -2.35. The Bertz CT molecular complexity index is 491. The van der Waals surface area contributed by atoms with Gasteiger partial charge in [-0.2, -0.15) is 5.26 Å². The molecule has 0 amide bonds. The summed E-state index contributed by atoms with van der Waals surface area (Å²) >= 11 is 0. The van der Waals surface area contributed by atoms with Crippen molar-refractivity contribution in [2.75, 3.05) is 17.2 Å². The minimum absolute atomic E-state index is 0.538. The van der Waals surface area contributed by atoms with Gasteiger partial charge in [0.2, 0.25) is 0 Å². The second-order valence-corrected chi connectivity index (χ2v) is 5.34. The van der Waals surface area contributed by atoms with Gasteiger partial charge in [-0.1, -0.05) is 12.8 Å². The molecule has 2 heterocycles. The van der Waals surface area contributed by atoms with Gasteiger partial charge < -0.3 is 10.6 Å². The van der Waals surface area contributed by atoms with E-state index >= 15 is 0 Å². The third-order valence-electron chi connectivity index (χ3n) is 4.31. The predicted octanol–water partition coefficient (Wildman–Crippen LogP) is 2.30. The molecule has 3 rings (SSSR count). The molecule has 94 valence electrons. The number of nitrogen functional groups attached to an aromatic ring is 1. The quantitative estimate of drug-likeness (QED) is 0.820. The molecule has 1 aromatic rings. The molecule has 18 heavy (non-hydrogen) atoms. The smallest absolute Gasteiger partial charge is 0.152 e. The van der Waals surface area contributed by atoms with Crippen molar-refractivity contribution in [2.45, 2.75) is 38.1 Å². The molecule has 1 saturated heterocycles. The summed E-state index contributed by atoms with van der Waals surface area (Å²) < 4.78 is 0. The number of aromatic nitrogens is 1. The first-order valence-electron chi connectivity index (χ1n) is 6.72. The number of nitrogens with two attached hydrogens (primary N) is 1. The summed E-state index contributed by atoms with van der Waals surface area (Å²) in [5, 5.41) is 8.85. The summed E-state index contributed by atoms with van der Waals surface area (Å²) in [7, 11) is 0. The zero-order chi connectivity index (χ0) is 12.5. The minimum Gasteiger partial charge on any atom is -0.396 e. The second kappa shape index (κ2) is 4.49. The lowest BCUT2D eigenvalue weighted by Gasteiger charge is -2.32. The molecule has 0 radical (unpaired) electrons. The summed E-state index contributed by atoms with van der Waals surface area (Å²) in [6.45, 7) is 1.05. The molecular formula is C14H18N4. The molecule has 0 aromatic carbocycles. The Kier molecular flexibility index (Phi) is 2.83. The summed E-state index contributed by atoms with van der Waals surface area (Å²) in [6, 6.07) is 4.43. The first-order valence-corrected chi connectivity index (χ1v) is 6.72. The van der Waals surface area contributed by atoms with Crippen LogP contribution in [0.1, 0.15) is 37.7 Å². The van der Waals surface area contributed by atoms with Crippen molar-refractivity contribution in [1.82, 2.24) is 4.98 Å². The standard InChI is InChI=1S/C14H18N4/c15-8-10-7-12(16)14(17-9-10)18-6-5-11-3-1-2-4-13(11)18/h7,9,11,13H,1-6,16H2. The van der Waals surface area contributed by atoms with Crippen LogP contribution in [-0.4, -0.2) is 17.6 Å². The van der Waals surface area contributed by atoms with Crippen molar-refractivity contribution in [3.8, 4) is 6.07 Å². The Morgan fingerprint density at radius 2 is 2.17 bits per heavy atom. The van der Waals surface area contributed by atoms with E-state index in [1.54, 1.807) is 12.3 Å². The average molecular weight is 242 g/mol. The van der Waals surface area contributed by atoms with Crippen molar-refractivity contribution in [3.63, 3.8) is 0 Å². The first kappa shape index (κ1) is 11.3. The molecule has 2 fully saturated rings. The van der Waals surface area contributed by atoms with Crippen molar-refractivity contribution in [1.29, 1.82) is 5.26 Å². The number of nitriles is 1. The minimum atomic E-state index is 0.538. The van der Waals surface area contributed by atoms with Crippen molar-refractivity contribution in [3.05, 3.63) is 17.8 Å². The van der Waals surface area contributed by atoms with Crippen LogP contribution in [0.2, 0.25) is 0 Å². The highest BCUT2D eigenvalue weighted by atomic mass is 15.2. The van der Waals surface area contributed by atoms with E-state index in [4.69, 9.17) is 11.0 Å². The molecule has 1 saturated carbocycles. The highest BCUT2D eigenvalue weighted by Crippen LogP contribution is 2.39. The van der Waals surface area contributed by atoms with E-state index in [1.807, 2.05) is 0 Å². The van der Waals surface area contributed by atoms with Crippen LogP contribution in [0, 0.1) is 17.2 Å². The van der Waals surface area contributed by atoms with Gasteiger partial charge in [0.05, 0.1) is 11.3 Å². The molecule has 2 unspecified atom stereocenters. The number of fused-ring (bicyclic) bond motifs is 1. The van der Waals surface area contributed by atoms with E-state index in [2.05, 4.69) is 16.0 Å². The fourth-order valence-electron chi connectivity index (χ4n) is 3.44. The average Bonchev–Trinajstić information content (AvgIpc) is 2.82. The van der Waals surface area contributed by atoms with Crippen LogP contribution in [0.3, 0.4) is 0 Å². The van der Waals surface area contributed by atoms with E-state index in [-0.39, 0.29) is 0 Å². The Morgan fingerprint density at radius 3 is 2.94 bits per heavy atom. The third kappa shape index (κ3) is 1.80. The van der Waals surface area contributed by atoms with Gasteiger partial charge in [-0.15, -0.1) is 0 Å². The maximum Gasteiger partial charge on any atom is 0.152 e. The van der Waals surface area contributed by atoms with E-state index in [1.165, 1.54) is 32.1 Å². The fraction of sp³-hybridized carbons (Fsp3) is 0.571. The van der Waals surface area contributed by atoms with Gasteiger partial charge in [0, 0.05) is 18.8 Å². The molecule has 4 nitrogen and oxygen atoms in total. The van der Waals surface area contributed by atoms with E-state index < -0.39 is 0 Å².